The molecule has 0 aliphatic heterocycles. The summed E-state index contributed by atoms with van der Waals surface area (Å²) in [6.45, 7) is 6.87. The molecule has 0 spiro atoms. The largest absolute Gasteiger partial charge is 0.350 e. The molecule has 1 radical (unpaired) electrons. The summed E-state index contributed by atoms with van der Waals surface area (Å²) >= 11 is 0. The molecule has 67 valence electrons. The van der Waals surface area contributed by atoms with Crippen molar-refractivity contribution in [1.29, 1.82) is 0 Å². The molecule has 0 saturated carbocycles. The van der Waals surface area contributed by atoms with Gasteiger partial charge in [-0.25, -0.2) is 5.11 Å². The predicted octanol–water partition coefficient (Wildman–Crippen LogP) is 2.61. The lowest BCUT2D eigenvalue weighted by Crippen LogP contribution is -2.11. The fourth-order valence-electron chi connectivity index (χ4n) is 0.754. The molecule has 0 fully saturated rings. The SMILES string of the molecule is CCCC([O])OCCC(C)C. The molecule has 0 rings (SSSR count). The van der Waals surface area contributed by atoms with E-state index in [0.717, 1.165) is 12.8 Å². The first kappa shape index (κ1) is 10.9. The molecule has 1 unspecified atom stereocenters. The van der Waals surface area contributed by atoms with Gasteiger partial charge in [-0.3, -0.25) is 0 Å². The Balaban J connectivity index is 3.10. The maximum Gasteiger partial charge on any atom is 0.191 e. The number of rotatable bonds is 6. The lowest BCUT2D eigenvalue weighted by Gasteiger charge is -2.09. The van der Waals surface area contributed by atoms with Gasteiger partial charge in [0.15, 0.2) is 6.29 Å². The van der Waals surface area contributed by atoms with Crippen LogP contribution in [0.4, 0.5) is 0 Å². The number of ether oxygens (including phenoxy) is 1. The van der Waals surface area contributed by atoms with Crippen molar-refractivity contribution in [1.82, 2.24) is 0 Å². The minimum atomic E-state index is -0.793. The molecular weight excluding hydrogens is 140 g/mol. The topological polar surface area (TPSA) is 29.1 Å². The van der Waals surface area contributed by atoms with Crippen molar-refractivity contribution in [2.24, 2.45) is 5.92 Å². The van der Waals surface area contributed by atoms with E-state index in [0.29, 0.717) is 18.9 Å². The third-order valence-corrected chi connectivity index (χ3v) is 1.52. The third kappa shape index (κ3) is 7.82. The highest BCUT2D eigenvalue weighted by atomic mass is 16.6. The van der Waals surface area contributed by atoms with E-state index in [2.05, 4.69) is 13.8 Å². The Morgan fingerprint density at radius 3 is 2.36 bits per heavy atom. The number of hydrogen-bond donors (Lipinski definition) is 0. The van der Waals surface area contributed by atoms with Crippen molar-refractivity contribution in [3.05, 3.63) is 0 Å². The van der Waals surface area contributed by atoms with Crippen LogP contribution in [0.25, 0.3) is 0 Å². The summed E-state index contributed by atoms with van der Waals surface area (Å²) in [5, 5.41) is 10.9. The van der Waals surface area contributed by atoms with Gasteiger partial charge >= 0.3 is 0 Å². The van der Waals surface area contributed by atoms with Gasteiger partial charge < -0.3 is 4.74 Å². The molecule has 0 heterocycles. The van der Waals surface area contributed by atoms with E-state index in [1.807, 2.05) is 6.92 Å². The minimum Gasteiger partial charge on any atom is -0.350 e. The van der Waals surface area contributed by atoms with Crippen molar-refractivity contribution < 1.29 is 9.84 Å². The summed E-state index contributed by atoms with van der Waals surface area (Å²) in [6, 6.07) is 0. The predicted molar refractivity (Wildman–Crippen MR) is 44.8 cm³/mol. The summed E-state index contributed by atoms with van der Waals surface area (Å²) in [4.78, 5) is 0. The zero-order valence-corrected chi connectivity index (χ0v) is 7.80. The molecule has 0 aromatic carbocycles. The molecule has 0 saturated heterocycles. The van der Waals surface area contributed by atoms with Crippen molar-refractivity contribution >= 4 is 0 Å². The first-order valence-corrected chi connectivity index (χ1v) is 4.44. The zero-order valence-electron chi connectivity index (χ0n) is 7.80. The Hall–Kier alpha value is -0.0800. The molecule has 0 bridgehead atoms. The van der Waals surface area contributed by atoms with Crippen LogP contribution in [0.5, 0.6) is 0 Å². The van der Waals surface area contributed by atoms with Crippen LogP contribution < -0.4 is 0 Å². The zero-order chi connectivity index (χ0) is 8.69. The van der Waals surface area contributed by atoms with Gasteiger partial charge in [0.2, 0.25) is 0 Å². The minimum absolute atomic E-state index is 0.617. The van der Waals surface area contributed by atoms with Gasteiger partial charge in [0.25, 0.3) is 0 Å². The molecule has 0 amide bonds. The normalized spacial score (nSPS) is 13.9. The maximum atomic E-state index is 10.9. The van der Waals surface area contributed by atoms with E-state index < -0.39 is 6.29 Å². The van der Waals surface area contributed by atoms with Gasteiger partial charge in [-0.15, -0.1) is 0 Å². The fourth-order valence-corrected chi connectivity index (χ4v) is 0.754. The Morgan fingerprint density at radius 1 is 1.27 bits per heavy atom. The third-order valence-electron chi connectivity index (χ3n) is 1.52. The van der Waals surface area contributed by atoms with Gasteiger partial charge in [0.05, 0.1) is 6.61 Å². The second-order valence-electron chi connectivity index (χ2n) is 3.27. The van der Waals surface area contributed by atoms with E-state index in [-0.39, 0.29) is 0 Å². The maximum absolute atomic E-state index is 10.9. The Bertz CT molecular complexity index is 81.6. The van der Waals surface area contributed by atoms with Crippen molar-refractivity contribution in [3.8, 4) is 0 Å². The van der Waals surface area contributed by atoms with E-state index in [4.69, 9.17) is 4.74 Å². The molecule has 11 heavy (non-hydrogen) atoms. The average molecular weight is 159 g/mol. The van der Waals surface area contributed by atoms with Crippen molar-refractivity contribution in [2.45, 2.75) is 46.3 Å². The Kier molecular flexibility index (Phi) is 6.57. The Labute approximate surface area is 69.6 Å². The smallest absolute Gasteiger partial charge is 0.191 e. The summed E-state index contributed by atoms with van der Waals surface area (Å²) < 4.78 is 5.04. The van der Waals surface area contributed by atoms with Crippen LogP contribution in [0.15, 0.2) is 0 Å². The molecular formula is C9H19O2. The van der Waals surface area contributed by atoms with Crippen LogP contribution in [0.2, 0.25) is 0 Å². The van der Waals surface area contributed by atoms with E-state index in [9.17, 15) is 5.11 Å². The van der Waals surface area contributed by atoms with Crippen LogP contribution >= 0.6 is 0 Å². The van der Waals surface area contributed by atoms with Gasteiger partial charge in [0.1, 0.15) is 0 Å². The standard InChI is InChI=1S/C9H19O2/c1-4-5-9(10)11-7-6-8(2)3/h8-9H,4-7H2,1-3H3. The van der Waals surface area contributed by atoms with Gasteiger partial charge in [0, 0.05) is 6.42 Å². The van der Waals surface area contributed by atoms with Gasteiger partial charge in [-0.05, 0) is 12.3 Å². The Morgan fingerprint density at radius 2 is 1.91 bits per heavy atom. The molecule has 0 N–H and O–H groups in total. The van der Waals surface area contributed by atoms with E-state index >= 15 is 0 Å². The molecule has 0 aromatic heterocycles. The van der Waals surface area contributed by atoms with Gasteiger partial charge in [-0.2, -0.15) is 0 Å². The van der Waals surface area contributed by atoms with Crippen molar-refractivity contribution in [3.63, 3.8) is 0 Å². The van der Waals surface area contributed by atoms with Gasteiger partial charge in [-0.1, -0.05) is 27.2 Å². The molecule has 1 atom stereocenters. The van der Waals surface area contributed by atoms with E-state index in [1.54, 1.807) is 0 Å². The monoisotopic (exact) mass is 159 g/mol. The first-order chi connectivity index (χ1) is 5.16. The lowest BCUT2D eigenvalue weighted by molar-refractivity contribution is -0.145. The summed E-state index contributed by atoms with van der Waals surface area (Å²) in [5.74, 6) is 0.629. The molecule has 2 heteroatoms. The van der Waals surface area contributed by atoms with Crippen LogP contribution in [-0.2, 0) is 9.84 Å². The second kappa shape index (κ2) is 6.62. The second-order valence-corrected chi connectivity index (χ2v) is 3.27. The van der Waals surface area contributed by atoms with E-state index in [1.165, 1.54) is 0 Å². The molecule has 0 aromatic rings. The van der Waals surface area contributed by atoms with Crippen LogP contribution in [0.1, 0.15) is 40.0 Å². The van der Waals surface area contributed by atoms with Crippen LogP contribution in [0.3, 0.4) is 0 Å². The average Bonchev–Trinajstić information content (AvgIpc) is 1.87. The molecule has 0 aliphatic carbocycles. The first-order valence-electron chi connectivity index (χ1n) is 4.44. The van der Waals surface area contributed by atoms with Crippen LogP contribution in [-0.4, -0.2) is 12.9 Å². The molecule has 2 nitrogen and oxygen atoms in total. The van der Waals surface area contributed by atoms with Crippen molar-refractivity contribution in [2.75, 3.05) is 6.61 Å². The highest BCUT2D eigenvalue weighted by molar-refractivity contribution is 4.44. The van der Waals surface area contributed by atoms with Crippen LogP contribution in [0, 0.1) is 5.92 Å². The lowest BCUT2D eigenvalue weighted by atomic mass is 10.1. The summed E-state index contributed by atoms with van der Waals surface area (Å²) in [6.07, 6.45) is 1.75. The highest BCUT2D eigenvalue weighted by Crippen LogP contribution is 2.03. The summed E-state index contributed by atoms with van der Waals surface area (Å²) in [7, 11) is 0. The fraction of sp³-hybridized carbons (Fsp3) is 1.00. The highest BCUT2D eigenvalue weighted by Gasteiger charge is 2.03. The molecule has 0 aliphatic rings. The number of hydrogen-bond acceptors (Lipinski definition) is 1. The quantitative estimate of drug-likeness (QED) is 0.548. The summed E-state index contributed by atoms with van der Waals surface area (Å²) in [5.41, 5.74) is 0.